The van der Waals surface area contributed by atoms with Crippen molar-refractivity contribution in [1.82, 2.24) is 0 Å². The lowest BCUT2D eigenvalue weighted by atomic mass is 10.3. The van der Waals surface area contributed by atoms with Crippen LogP contribution >= 0.6 is 11.6 Å². The molecule has 1 aromatic heterocycles. The third-order valence-electron chi connectivity index (χ3n) is 3.16. The molecular weight excluding hydrogens is 290 g/mol. The Labute approximate surface area is 129 Å². The number of ether oxygens (including phenoxy) is 2. The molecule has 0 atom stereocenters. The Morgan fingerprint density at radius 1 is 1.10 bits per heavy atom. The Hall–Kier alpha value is -1.94. The molecule has 0 bridgehead atoms. The fourth-order valence-electron chi connectivity index (χ4n) is 2.02. The van der Waals surface area contributed by atoms with E-state index in [0.29, 0.717) is 24.0 Å². The van der Waals surface area contributed by atoms with Crippen LogP contribution in [0.1, 0.15) is 12.6 Å². The van der Waals surface area contributed by atoms with Gasteiger partial charge >= 0.3 is 0 Å². The first-order valence-electron chi connectivity index (χ1n) is 6.85. The highest BCUT2D eigenvalue weighted by molar-refractivity contribution is 6.30. The number of pyridine rings is 1. The van der Waals surface area contributed by atoms with E-state index >= 15 is 0 Å². The van der Waals surface area contributed by atoms with Gasteiger partial charge in [-0.1, -0.05) is 11.6 Å². The lowest BCUT2D eigenvalue weighted by Crippen LogP contribution is -2.35. The summed E-state index contributed by atoms with van der Waals surface area (Å²) in [5.41, 5.74) is 0.893. The Morgan fingerprint density at radius 2 is 1.76 bits per heavy atom. The van der Waals surface area contributed by atoms with Crippen molar-refractivity contribution in [1.29, 1.82) is 0 Å². The highest BCUT2D eigenvalue weighted by Gasteiger charge is 2.16. The minimum atomic E-state index is 0.142. The monoisotopic (exact) mass is 308 g/mol. The molecule has 1 N–H and O–H groups in total. The minimum Gasteiger partial charge on any atom is -0.504 e. The van der Waals surface area contributed by atoms with Crippen LogP contribution in [-0.4, -0.2) is 18.3 Å². The number of aryl methyl sites for hydroxylation is 1. The maximum absolute atomic E-state index is 9.86. The van der Waals surface area contributed by atoms with Crippen molar-refractivity contribution >= 4 is 11.6 Å². The standard InChI is InChI=1S/C16H18ClNO3/c1-3-18-9-8-15(19)16(12(18)2)21-11-10-20-14-6-4-13(17)5-7-14/h4-9H,3,10-11H2,1-2H3/p+1. The summed E-state index contributed by atoms with van der Waals surface area (Å²) < 4.78 is 13.2. The molecule has 0 saturated heterocycles. The van der Waals surface area contributed by atoms with E-state index in [4.69, 9.17) is 21.1 Å². The molecular formula is C16H19ClNO3+. The molecule has 4 nitrogen and oxygen atoms in total. The molecule has 0 fully saturated rings. The number of hydrogen-bond acceptors (Lipinski definition) is 3. The van der Waals surface area contributed by atoms with Crippen molar-refractivity contribution in [3.05, 3.63) is 47.2 Å². The molecule has 0 aliphatic carbocycles. The van der Waals surface area contributed by atoms with E-state index in [0.717, 1.165) is 18.0 Å². The van der Waals surface area contributed by atoms with Gasteiger partial charge < -0.3 is 14.6 Å². The number of benzene rings is 1. The highest BCUT2D eigenvalue weighted by atomic mass is 35.5. The second kappa shape index (κ2) is 7.18. The van der Waals surface area contributed by atoms with Crippen LogP contribution in [0.15, 0.2) is 36.5 Å². The smallest absolute Gasteiger partial charge is 0.228 e. The summed E-state index contributed by atoms with van der Waals surface area (Å²) in [5, 5.41) is 10.5. The van der Waals surface area contributed by atoms with Crippen LogP contribution in [0.25, 0.3) is 0 Å². The van der Waals surface area contributed by atoms with Crippen LogP contribution in [0.3, 0.4) is 0 Å². The number of rotatable bonds is 6. The van der Waals surface area contributed by atoms with Crippen molar-refractivity contribution in [2.45, 2.75) is 20.4 Å². The lowest BCUT2D eigenvalue weighted by molar-refractivity contribution is -0.699. The number of nitrogens with zero attached hydrogens (tertiary/aromatic N) is 1. The van der Waals surface area contributed by atoms with E-state index in [1.54, 1.807) is 30.3 Å². The quantitative estimate of drug-likeness (QED) is 0.658. The third kappa shape index (κ3) is 4.02. The first kappa shape index (κ1) is 15.4. The first-order chi connectivity index (χ1) is 10.1. The highest BCUT2D eigenvalue weighted by Crippen LogP contribution is 2.26. The van der Waals surface area contributed by atoms with E-state index in [-0.39, 0.29) is 5.75 Å². The largest absolute Gasteiger partial charge is 0.504 e. The number of halogens is 1. The minimum absolute atomic E-state index is 0.142. The van der Waals surface area contributed by atoms with Crippen molar-refractivity contribution in [2.24, 2.45) is 0 Å². The molecule has 1 heterocycles. The number of aromatic nitrogens is 1. The van der Waals surface area contributed by atoms with Crippen molar-refractivity contribution in [2.75, 3.05) is 13.2 Å². The van der Waals surface area contributed by atoms with Gasteiger partial charge in [-0.25, -0.2) is 0 Å². The van der Waals surface area contributed by atoms with Gasteiger partial charge in [-0.05, 0) is 31.2 Å². The summed E-state index contributed by atoms with van der Waals surface area (Å²) in [5.74, 6) is 1.38. The molecule has 21 heavy (non-hydrogen) atoms. The van der Waals surface area contributed by atoms with Crippen molar-refractivity contribution in [3.63, 3.8) is 0 Å². The van der Waals surface area contributed by atoms with E-state index in [2.05, 4.69) is 0 Å². The van der Waals surface area contributed by atoms with Crippen LogP contribution < -0.4 is 14.0 Å². The Bertz CT molecular complexity index is 599. The van der Waals surface area contributed by atoms with Gasteiger partial charge in [0.1, 0.15) is 25.5 Å². The molecule has 2 rings (SSSR count). The molecule has 1 aromatic carbocycles. The average molecular weight is 309 g/mol. The second-order valence-corrected chi connectivity index (χ2v) is 4.99. The lowest BCUT2D eigenvalue weighted by Gasteiger charge is -2.10. The van der Waals surface area contributed by atoms with Crippen LogP contribution in [0.5, 0.6) is 17.2 Å². The number of aromatic hydroxyl groups is 1. The van der Waals surface area contributed by atoms with Gasteiger partial charge in [0.15, 0.2) is 11.9 Å². The van der Waals surface area contributed by atoms with Gasteiger partial charge in [0.25, 0.3) is 0 Å². The van der Waals surface area contributed by atoms with Gasteiger partial charge in [0.2, 0.25) is 11.4 Å². The zero-order valence-corrected chi connectivity index (χ0v) is 12.9. The fourth-order valence-corrected chi connectivity index (χ4v) is 2.14. The van der Waals surface area contributed by atoms with Gasteiger partial charge in [-0.3, -0.25) is 0 Å². The van der Waals surface area contributed by atoms with Crippen LogP contribution in [0.4, 0.5) is 0 Å². The average Bonchev–Trinajstić information content (AvgIpc) is 2.48. The van der Waals surface area contributed by atoms with Crippen LogP contribution in [0, 0.1) is 6.92 Å². The Kier molecular flexibility index (Phi) is 5.28. The molecule has 0 unspecified atom stereocenters. The van der Waals surface area contributed by atoms with E-state index < -0.39 is 0 Å². The molecule has 5 heteroatoms. The van der Waals surface area contributed by atoms with E-state index in [9.17, 15) is 5.11 Å². The normalized spacial score (nSPS) is 10.4. The van der Waals surface area contributed by atoms with Gasteiger partial charge in [-0.2, -0.15) is 4.57 Å². The van der Waals surface area contributed by atoms with Gasteiger partial charge in [0, 0.05) is 18.0 Å². The van der Waals surface area contributed by atoms with Crippen molar-refractivity contribution < 1.29 is 19.1 Å². The molecule has 112 valence electrons. The predicted octanol–water partition coefficient (Wildman–Crippen LogP) is 3.12. The van der Waals surface area contributed by atoms with Crippen LogP contribution in [-0.2, 0) is 6.54 Å². The molecule has 0 saturated carbocycles. The molecule has 2 aromatic rings. The SMILES string of the molecule is CC[n+]1ccc(O)c(OCCOc2ccc(Cl)cc2)c1C. The van der Waals surface area contributed by atoms with E-state index in [1.807, 2.05) is 24.6 Å². The second-order valence-electron chi connectivity index (χ2n) is 4.55. The summed E-state index contributed by atoms with van der Waals surface area (Å²) >= 11 is 5.81. The zero-order chi connectivity index (χ0) is 15.2. The maximum Gasteiger partial charge on any atom is 0.228 e. The molecule has 0 spiro atoms. The Morgan fingerprint density at radius 3 is 2.43 bits per heavy atom. The summed E-state index contributed by atoms with van der Waals surface area (Å²) in [6, 6.07) is 8.78. The molecule has 0 aliphatic heterocycles. The Balaban J connectivity index is 1.90. The van der Waals surface area contributed by atoms with Crippen molar-refractivity contribution in [3.8, 4) is 17.2 Å². The summed E-state index contributed by atoms with van der Waals surface area (Å²) in [7, 11) is 0. The molecule has 0 aliphatic rings. The summed E-state index contributed by atoms with van der Waals surface area (Å²) in [6.07, 6.45) is 1.84. The van der Waals surface area contributed by atoms with Gasteiger partial charge in [-0.15, -0.1) is 0 Å². The zero-order valence-electron chi connectivity index (χ0n) is 12.2. The first-order valence-corrected chi connectivity index (χ1v) is 7.22. The van der Waals surface area contributed by atoms with Crippen LogP contribution in [0.2, 0.25) is 5.02 Å². The predicted molar refractivity (Wildman–Crippen MR) is 81.2 cm³/mol. The summed E-state index contributed by atoms with van der Waals surface area (Å²) in [6.45, 7) is 5.52. The third-order valence-corrected chi connectivity index (χ3v) is 3.41. The fraction of sp³-hybridized carbons (Fsp3) is 0.312. The topological polar surface area (TPSA) is 42.6 Å². The number of hydrogen-bond donors (Lipinski definition) is 1. The van der Waals surface area contributed by atoms with Gasteiger partial charge in [0.05, 0.1) is 0 Å². The maximum atomic E-state index is 9.86. The molecule has 0 amide bonds. The summed E-state index contributed by atoms with van der Waals surface area (Å²) in [4.78, 5) is 0. The molecule has 0 radical (unpaired) electrons. The van der Waals surface area contributed by atoms with E-state index in [1.165, 1.54) is 0 Å².